The van der Waals surface area contributed by atoms with Gasteiger partial charge in [0.1, 0.15) is 0 Å². The largest absolute Gasteiger partial charge is 0.390 e. The van der Waals surface area contributed by atoms with Gasteiger partial charge in [0, 0.05) is 24.6 Å². The van der Waals surface area contributed by atoms with Crippen molar-refractivity contribution in [2.45, 2.75) is 39.2 Å². The van der Waals surface area contributed by atoms with E-state index in [1.165, 1.54) is 5.56 Å². The smallest absolute Gasteiger partial charge is 0.254 e. The Morgan fingerprint density at radius 1 is 1.16 bits per heavy atom. The molecule has 0 saturated carbocycles. The lowest BCUT2D eigenvalue weighted by Gasteiger charge is -2.43. The van der Waals surface area contributed by atoms with Crippen molar-refractivity contribution in [1.82, 2.24) is 4.90 Å². The molecule has 1 heterocycles. The second-order valence-corrected chi connectivity index (χ2v) is 7.49. The zero-order valence-electron chi connectivity index (χ0n) is 15.3. The first-order valence-electron chi connectivity index (χ1n) is 9.00. The molecule has 3 heteroatoms. The highest BCUT2D eigenvalue weighted by Gasteiger charge is 2.39. The third-order valence-electron chi connectivity index (χ3n) is 5.66. The lowest BCUT2D eigenvalue weighted by Crippen LogP contribution is -2.52. The first-order valence-corrected chi connectivity index (χ1v) is 9.00. The lowest BCUT2D eigenvalue weighted by molar-refractivity contribution is -0.0507. The lowest BCUT2D eigenvalue weighted by atomic mass is 9.78. The Labute approximate surface area is 150 Å². The molecule has 3 nitrogen and oxygen atoms in total. The van der Waals surface area contributed by atoms with E-state index < -0.39 is 5.60 Å². The van der Waals surface area contributed by atoms with Gasteiger partial charge in [-0.05, 0) is 56.4 Å². The minimum atomic E-state index is -0.742. The topological polar surface area (TPSA) is 40.5 Å². The highest BCUT2D eigenvalue weighted by molar-refractivity contribution is 5.96. The third-order valence-corrected chi connectivity index (χ3v) is 5.66. The molecule has 0 aromatic heterocycles. The molecule has 25 heavy (non-hydrogen) atoms. The molecule has 2 aromatic carbocycles. The summed E-state index contributed by atoms with van der Waals surface area (Å²) in [6.45, 7) is 7.13. The highest BCUT2D eigenvalue weighted by atomic mass is 16.3. The molecule has 2 aromatic rings. The van der Waals surface area contributed by atoms with Crippen molar-refractivity contribution < 1.29 is 9.90 Å². The van der Waals surface area contributed by atoms with Gasteiger partial charge in [0.25, 0.3) is 5.91 Å². The maximum atomic E-state index is 13.0. The van der Waals surface area contributed by atoms with Gasteiger partial charge in [-0.25, -0.2) is 0 Å². The van der Waals surface area contributed by atoms with E-state index in [9.17, 15) is 9.90 Å². The van der Waals surface area contributed by atoms with Crippen molar-refractivity contribution in [3.05, 3.63) is 70.8 Å². The fraction of sp³-hybridized carbons (Fsp3) is 0.409. The predicted molar refractivity (Wildman–Crippen MR) is 101 cm³/mol. The molecule has 132 valence electrons. The number of benzene rings is 2. The number of piperidine rings is 1. The number of aliphatic hydroxyl groups is 1. The van der Waals surface area contributed by atoms with Crippen molar-refractivity contribution in [3.63, 3.8) is 0 Å². The van der Waals surface area contributed by atoms with E-state index in [0.29, 0.717) is 19.5 Å². The van der Waals surface area contributed by atoms with Crippen LogP contribution in [0.15, 0.2) is 48.5 Å². The molecule has 0 spiro atoms. The van der Waals surface area contributed by atoms with Gasteiger partial charge in [0.05, 0.1) is 5.60 Å². The fourth-order valence-electron chi connectivity index (χ4n) is 3.64. The van der Waals surface area contributed by atoms with Gasteiger partial charge in [0.15, 0.2) is 0 Å². The number of hydrogen-bond acceptors (Lipinski definition) is 2. The van der Waals surface area contributed by atoms with E-state index in [2.05, 4.69) is 12.1 Å². The van der Waals surface area contributed by atoms with Crippen LogP contribution in [0.5, 0.6) is 0 Å². The number of rotatable bonds is 3. The van der Waals surface area contributed by atoms with Crippen LogP contribution >= 0.6 is 0 Å². The highest BCUT2D eigenvalue weighted by Crippen LogP contribution is 2.31. The zero-order chi connectivity index (χ0) is 18.0. The molecule has 1 N–H and O–H groups in total. The SMILES string of the molecule is Cc1cccc(C(=O)N2CC[C@@](C)(O)[C@@H](Cc3ccccc3)C2)c1C. The molecule has 2 atom stereocenters. The standard InChI is InChI=1S/C22H27NO2/c1-16-8-7-11-20(17(16)2)21(24)23-13-12-22(3,25)19(15-23)14-18-9-5-4-6-10-18/h4-11,19,25H,12-15H2,1-3H3/t19-,22+/m0/s1. The van der Waals surface area contributed by atoms with E-state index >= 15 is 0 Å². The van der Waals surface area contributed by atoms with Gasteiger partial charge < -0.3 is 10.0 Å². The molecule has 1 aliphatic heterocycles. The van der Waals surface area contributed by atoms with E-state index in [4.69, 9.17) is 0 Å². The van der Waals surface area contributed by atoms with E-state index in [1.807, 2.05) is 62.1 Å². The van der Waals surface area contributed by atoms with Gasteiger partial charge in [-0.2, -0.15) is 0 Å². The molecule has 3 rings (SSSR count). The number of hydrogen-bond donors (Lipinski definition) is 1. The third kappa shape index (κ3) is 3.77. The minimum absolute atomic E-state index is 0.0396. The molecule has 1 aliphatic rings. The Bertz CT molecular complexity index is 752. The zero-order valence-corrected chi connectivity index (χ0v) is 15.3. The van der Waals surface area contributed by atoms with Crippen LogP contribution in [0.3, 0.4) is 0 Å². The monoisotopic (exact) mass is 337 g/mol. The summed E-state index contributed by atoms with van der Waals surface area (Å²) in [4.78, 5) is 14.9. The quantitative estimate of drug-likeness (QED) is 0.926. The first kappa shape index (κ1) is 17.7. The second kappa shape index (κ2) is 7.01. The van der Waals surface area contributed by atoms with Crippen LogP contribution in [0, 0.1) is 19.8 Å². The molecule has 0 radical (unpaired) electrons. The van der Waals surface area contributed by atoms with Gasteiger partial charge in [-0.3, -0.25) is 4.79 Å². The van der Waals surface area contributed by atoms with Crippen LogP contribution in [0.4, 0.5) is 0 Å². The van der Waals surface area contributed by atoms with E-state index in [-0.39, 0.29) is 11.8 Å². The van der Waals surface area contributed by atoms with Gasteiger partial charge in [0.2, 0.25) is 0 Å². The van der Waals surface area contributed by atoms with Crippen LogP contribution in [0.1, 0.15) is 40.4 Å². The fourth-order valence-corrected chi connectivity index (χ4v) is 3.64. The number of nitrogens with zero attached hydrogens (tertiary/aromatic N) is 1. The average Bonchev–Trinajstić information content (AvgIpc) is 2.59. The maximum absolute atomic E-state index is 13.0. The summed E-state index contributed by atoms with van der Waals surface area (Å²) in [7, 11) is 0. The Kier molecular flexibility index (Phi) is 4.96. The Hall–Kier alpha value is -2.13. The molecule has 0 aliphatic carbocycles. The predicted octanol–water partition coefficient (Wildman–Crippen LogP) is 3.76. The maximum Gasteiger partial charge on any atom is 0.254 e. The second-order valence-electron chi connectivity index (χ2n) is 7.49. The van der Waals surface area contributed by atoms with Crippen molar-refractivity contribution in [1.29, 1.82) is 0 Å². The molecule has 0 unspecified atom stereocenters. The van der Waals surface area contributed by atoms with E-state index in [0.717, 1.165) is 23.1 Å². The summed E-state index contributed by atoms with van der Waals surface area (Å²) >= 11 is 0. The summed E-state index contributed by atoms with van der Waals surface area (Å²) in [5, 5.41) is 10.8. The number of amides is 1. The first-order chi connectivity index (χ1) is 11.9. The number of carbonyl (C=O) groups is 1. The van der Waals surface area contributed by atoms with Gasteiger partial charge in [-0.1, -0.05) is 42.5 Å². The summed E-state index contributed by atoms with van der Waals surface area (Å²) in [5.41, 5.74) is 3.42. The summed E-state index contributed by atoms with van der Waals surface area (Å²) in [6.07, 6.45) is 1.39. The normalized spacial score (nSPS) is 23.5. The molecular formula is C22H27NO2. The molecular weight excluding hydrogens is 310 g/mol. The summed E-state index contributed by atoms with van der Waals surface area (Å²) in [6, 6.07) is 16.1. The number of likely N-dealkylation sites (tertiary alicyclic amines) is 1. The Morgan fingerprint density at radius 2 is 1.88 bits per heavy atom. The van der Waals surface area contributed by atoms with Gasteiger partial charge >= 0.3 is 0 Å². The van der Waals surface area contributed by atoms with Crippen molar-refractivity contribution in [3.8, 4) is 0 Å². The molecule has 1 fully saturated rings. The van der Waals surface area contributed by atoms with Crippen LogP contribution in [0.2, 0.25) is 0 Å². The average molecular weight is 337 g/mol. The van der Waals surface area contributed by atoms with Crippen molar-refractivity contribution >= 4 is 5.91 Å². The van der Waals surface area contributed by atoms with Crippen molar-refractivity contribution in [2.75, 3.05) is 13.1 Å². The van der Waals surface area contributed by atoms with Crippen LogP contribution in [0.25, 0.3) is 0 Å². The van der Waals surface area contributed by atoms with Crippen LogP contribution in [-0.4, -0.2) is 34.6 Å². The minimum Gasteiger partial charge on any atom is -0.390 e. The van der Waals surface area contributed by atoms with Gasteiger partial charge in [-0.15, -0.1) is 0 Å². The number of carbonyl (C=O) groups excluding carboxylic acids is 1. The number of aryl methyl sites for hydroxylation is 1. The summed E-state index contributed by atoms with van der Waals surface area (Å²) < 4.78 is 0. The molecule has 1 saturated heterocycles. The van der Waals surface area contributed by atoms with Crippen molar-refractivity contribution in [2.24, 2.45) is 5.92 Å². The van der Waals surface area contributed by atoms with Crippen LogP contribution in [-0.2, 0) is 6.42 Å². The molecule has 0 bridgehead atoms. The Balaban J connectivity index is 1.80. The van der Waals surface area contributed by atoms with Crippen LogP contribution < -0.4 is 0 Å². The van der Waals surface area contributed by atoms with E-state index in [1.54, 1.807) is 0 Å². The molecule has 1 amide bonds. The Morgan fingerprint density at radius 3 is 2.60 bits per heavy atom. The summed E-state index contributed by atoms with van der Waals surface area (Å²) in [5.74, 6) is 0.118.